The minimum atomic E-state index is -0.990. The molecule has 0 radical (unpaired) electrons. The van der Waals surface area contributed by atoms with Crippen molar-refractivity contribution >= 4 is 81.6 Å². The van der Waals surface area contributed by atoms with Gasteiger partial charge in [-0.05, 0) is 136 Å². The average Bonchev–Trinajstić information content (AvgIpc) is 3.38. The molecule has 1 aliphatic carbocycles. The van der Waals surface area contributed by atoms with Crippen LogP contribution in [-0.2, 0) is 41.4 Å². The summed E-state index contributed by atoms with van der Waals surface area (Å²) in [5, 5.41) is 6.92. The zero-order valence-corrected chi connectivity index (χ0v) is 43.6. The fourth-order valence-corrected chi connectivity index (χ4v) is 7.94. The SMILES string of the molecule is COC(=O)[C@@H](Cc1ccccn1)N(CC1CCN(C(=O)OC(C)(C)C)CC1)C(=O)c1ccc(Cl)cc1N=[N+]=[N-].COC(=O)[C@H](N)Cc1ccccn1.O=CC1CCCCC1.[N-]=[N+]=Nc1cc(Cl)ccc1C(=O)Cl. The predicted octanol–water partition coefficient (Wildman–Crippen LogP) is 11.1. The number of aldehydes is 1. The molecular formula is C50H60Cl3N11O9. The molecule has 2 atom stereocenters. The number of nitrogens with two attached hydrogens (primary N) is 1. The molecule has 2 aromatic heterocycles. The van der Waals surface area contributed by atoms with Crippen LogP contribution in [0, 0.1) is 11.8 Å². The highest BCUT2D eigenvalue weighted by atomic mass is 35.5. The van der Waals surface area contributed by atoms with Crippen LogP contribution in [-0.4, -0.2) is 107 Å². The minimum Gasteiger partial charge on any atom is -0.468 e. The monoisotopic (exact) mass is 1060 g/mol. The Morgan fingerprint density at radius 3 is 1.77 bits per heavy atom. The maximum atomic E-state index is 14.0. The number of carbonyl (C=O) groups excluding carboxylic acids is 6. The van der Waals surface area contributed by atoms with Gasteiger partial charge < -0.3 is 34.5 Å². The van der Waals surface area contributed by atoms with E-state index in [1.54, 1.807) is 35.5 Å². The molecule has 390 valence electrons. The second-order valence-corrected chi connectivity index (χ2v) is 18.8. The average molecular weight is 1070 g/mol. The number of carbonyl (C=O) groups is 6. The van der Waals surface area contributed by atoms with Gasteiger partial charge in [0.1, 0.15) is 24.0 Å². The summed E-state index contributed by atoms with van der Waals surface area (Å²) in [6.45, 7) is 6.57. The topological polar surface area (TPSA) is 286 Å². The van der Waals surface area contributed by atoms with Crippen LogP contribution in [0.25, 0.3) is 20.9 Å². The molecule has 2 N–H and O–H groups in total. The molecule has 20 nitrogen and oxygen atoms in total. The molecule has 2 fully saturated rings. The van der Waals surface area contributed by atoms with Crippen LogP contribution in [0.15, 0.2) is 95.4 Å². The van der Waals surface area contributed by atoms with E-state index in [1.807, 2.05) is 39.0 Å². The quantitative estimate of drug-likeness (QED) is 0.0235. The summed E-state index contributed by atoms with van der Waals surface area (Å²) >= 11 is 16.9. The Balaban J connectivity index is 0.000000330. The van der Waals surface area contributed by atoms with Crippen molar-refractivity contribution in [1.29, 1.82) is 0 Å². The summed E-state index contributed by atoms with van der Waals surface area (Å²) in [5.41, 5.74) is 24.0. The fraction of sp³-hybridized carbons (Fsp3) is 0.440. The fourth-order valence-electron chi connectivity index (χ4n) is 7.45. The van der Waals surface area contributed by atoms with Gasteiger partial charge in [0.05, 0.1) is 25.6 Å². The van der Waals surface area contributed by atoms with Crippen LogP contribution >= 0.6 is 34.8 Å². The molecule has 6 rings (SSSR count). The molecule has 0 spiro atoms. The standard InChI is InChI=1S/C27H33ClN6O5.C9H12N2O2.C7H3Cl2N3O.C7H12O/c1-27(2,3)39-26(37)33-13-10-18(11-14-33)17-34(23(25(36)38-4)16-20-7-5-6-12-30-20)24(35)21-9-8-19(28)15-22(21)31-32-29;1-13-9(12)8(10)6-7-4-2-3-5-11-7;8-4-1-2-5(7(9)13)6(3-4)11-12-10;8-6-7-4-2-1-3-5-7/h5-9,12,15,18,23H,10-11,13-14,16-17H2,1-4H3;2-5,8H,6,10H2,1H3;1-3H;6-7H,1-5H2/t23-;8-;;/m11../s1. The van der Waals surface area contributed by atoms with E-state index in [1.165, 1.54) is 74.8 Å². The Bertz CT molecular complexity index is 2550. The predicted molar refractivity (Wildman–Crippen MR) is 277 cm³/mol. The van der Waals surface area contributed by atoms with E-state index < -0.39 is 40.8 Å². The summed E-state index contributed by atoms with van der Waals surface area (Å²) in [6, 6.07) is 17.9. The van der Waals surface area contributed by atoms with Crippen LogP contribution in [0.3, 0.4) is 0 Å². The van der Waals surface area contributed by atoms with Crippen molar-refractivity contribution in [3.63, 3.8) is 0 Å². The number of nitrogens with zero attached hydrogens (tertiary/aromatic N) is 10. The molecule has 23 heteroatoms. The first-order valence-electron chi connectivity index (χ1n) is 23.2. The number of amides is 2. The lowest BCUT2D eigenvalue weighted by Gasteiger charge is -2.37. The van der Waals surface area contributed by atoms with E-state index in [9.17, 15) is 28.8 Å². The highest BCUT2D eigenvalue weighted by molar-refractivity contribution is 6.68. The maximum Gasteiger partial charge on any atom is 0.410 e. The third-order valence-electron chi connectivity index (χ3n) is 11.1. The van der Waals surface area contributed by atoms with Gasteiger partial charge in [-0.15, -0.1) is 0 Å². The summed E-state index contributed by atoms with van der Waals surface area (Å²) < 4.78 is 15.1. The van der Waals surface area contributed by atoms with Gasteiger partial charge >= 0.3 is 18.0 Å². The van der Waals surface area contributed by atoms with E-state index >= 15 is 0 Å². The van der Waals surface area contributed by atoms with E-state index in [2.05, 4.69) is 34.8 Å². The third kappa shape index (κ3) is 21.5. The van der Waals surface area contributed by atoms with E-state index in [0.717, 1.165) is 24.8 Å². The normalized spacial score (nSPS) is 14.1. The Labute approximate surface area is 439 Å². The molecular weight excluding hydrogens is 1000 g/mol. The van der Waals surface area contributed by atoms with Crippen molar-refractivity contribution in [3.05, 3.63) is 139 Å². The molecule has 1 aliphatic heterocycles. The molecule has 3 heterocycles. The van der Waals surface area contributed by atoms with Crippen molar-refractivity contribution in [1.82, 2.24) is 19.8 Å². The number of esters is 2. The number of azide groups is 2. The van der Waals surface area contributed by atoms with Gasteiger partial charge in [-0.2, -0.15) is 0 Å². The van der Waals surface area contributed by atoms with Crippen molar-refractivity contribution in [2.75, 3.05) is 33.9 Å². The Kier molecular flexibility index (Phi) is 26.2. The highest BCUT2D eigenvalue weighted by Gasteiger charge is 2.36. The third-order valence-corrected chi connectivity index (χ3v) is 11.8. The van der Waals surface area contributed by atoms with Gasteiger partial charge in [-0.1, -0.05) is 64.8 Å². The molecule has 4 aromatic rings. The first-order chi connectivity index (χ1) is 34.8. The van der Waals surface area contributed by atoms with Gasteiger partial charge in [0.25, 0.3) is 11.1 Å². The first kappa shape index (κ1) is 60.5. The molecule has 0 unspecified atom stereocenters. The zero-order chi connectivity index (χ0) is 53.9. The Hall–Kier alpha value is -6.79. The maximum absolute atomic E-state index is 14.0. The number of rotatable bonds is 14. The lowest BCUT2D eigenvalue weighted by Crippen LogP contribution is -2.51. The second-order valence-electron chi connectivity index (χ2n) is 17.6. The Morgan fingerprint density at radius 2 is 1.32 bits per heavy atom. The number of hydrogen-bond acceptors (Lipinski definition) is 14. The minimum absolute atomic E-state index is 0.0151. The number of hydrogen-bond donors (Lipinski definition) is 1. The first-order valence-corrected chi connectivity index (χ1v) is 24.3. The van der Waals surface area contributed by atoms with E-state index in [4.69, 9.17) is 61.1 Å². The van der Waals surface area contributed by atoms with Crippen LogP contribution in [0.4, 0.5) is 16.2 Å². The van der Waals surface area contributed by atoms with Gasteiger partial charge in [0, 0.05) is 93.2 Å². The molecule has 2 aromatic carbocycles. The number of pyridine rings is 2. The largest absolute Gasteiger partial charge is 0.468 e. The molecule has 2 amide bonds. The molecule has 2 aliphatic rings. The van der Waals surface area contributed by atoms with Gasteiger partial charge in [-0.3, -0.25) is 24.4 Å². The Morgan fingerprint density at radius 1 is 0.795 bits per heavy atom. The number of aromatic nitrogens is 2. The molecule has 1 saturated heterocycles. The zero-order valence-electron chi connectivity index (χ0n) is 41.3. The molecule has 1 saturated carbocycles. The second kappa shape index (κ2) is 31.6. The number of likely N-dealkylation sites (tertiary alicyclic amines) is 1. The summed E-state index contributed by atoms with van der Waals surface area (Å²) in [7, 11) is 2.59. The smallest absolute Gasteiger partial charge is 0.410 e. The van der Waals surface area contributed by atoms with Gasteiger partial charge in [-0.25, -0.2) is 9.59 Å². The number of halogens is 3. The number of methoxy groups -OCH3 is 2. The van der Waals surface area contributed by atoms with E-state index in [-0.39, 0.29) is 47.5 Å². The highest BCUT2D eigenvalue weighted by Crippen LogP contribution is 2.30. The van der Waals surface area contributed by atoms with E-state index in [0.29, 0.717) is 54.0 Å². The summed E-state index contributed by atoms with van der Waals surface area (Å²) in [5.74, 6) is -1.12. The lowest BCUT2D eigenvalue weighted by atomic mass is 9.91. The van der Waals surface area contributed by atoms with Gasteiger partial charge in [0.2, 0.25) is 0 Å². The van der Waals surface area contributed by atoms with Crippen molar-refractivity contribution in [2.24, 2.45) is 27.8 Å². The summed E-state index contributed by atoms with van der Waals surface area (Å²) in [4.78, 5) is 88.3. The molecule has 0 bridgehead atoms. The van der Waals surface area contributed by atoms with Gasteiger partial charge in [0.15, 0.2) is 0 Å². The van der Waals surface area contributed by atoms with Crippen molar-refractivity contribution in [3.8, 4) is 0 Å². The lowest BCUT2D eigenvalue weighted by molar-refractivity contribution is -0.146. The number of benzene rings is 2. The van der Waals surface area contributed by atoms with Crippen LogP contribution in [0.2, 0.25) is 10.0 Å². The van der Waals surface area contributed by atoms with Crippen molar-refractivity contribution in [2.45, 2.75) is 96.2 Å². The number of ether oxygens (including phenoxy) is 3. The van der Waals surface area contributed by atoms with Crippen LogP contribution < -0.4 is 5.73 Å². The summed E-state index contributed by atoms with van der Waals surface area (Å²) in [6.07, 6.45) is 11.9. The van der Waals surface area contributed by atoms with Crippen molar-refractivity contribution < 1.29 is 43.0 Å². The molecule has 73 heavy (non-hydrogen) atoms. The van der Waals surface area contributed by atoms with Crippen LogP contribution in [0.1, 0.15) is 97.8 Å². The number of piperidine rings is 1. The van der Waals surface area contributed by atoms with Crippen LogP contribution in [0.5, 0.6) is 0 Å².